The van der Waals surface area contributed by atoms with Crippen LogP contribution >= 0.6 is 0 Å². The number of halogens is 2. The van der Waals surface area contributed by atoms with Gasteiger partial charge in [0, 0.05) is 11.8 Å². The number of rotatable bonds is 6. The number of carbonyl (C=O) groups is 1. The van der Waals surface area contributed by atoms with E-state index in [2.05, 4.69) is 10.1 Å². The first-order chi connectivity index (χ1) is 8.88. The van der Waals surface area contributed by atoms with Crippen LogP contribution in [0, 0.1) is 5.92 Å². The van der Waals surface area contributed by atoms with Gasteiger partial charge in [0.15, 0.2) is 0 Å². The van der Waals surface area contributed by atoms with Crippen molar-refractivity contribution in [2.24, 2.45) is 11.7 Å². The molecule has 0 fully saturated rings. The number of nitrogens with two attached hydrogens (primary N) is 1. The molecule has 6 heteroatoms. The summed E-state index contributed by atoms with van der Waals surface area (Å²) in [6.45, 7) is 1.03. The van der Waals surface area contributed by atoms with Gasteiger partial charge in [-0.3, -0.25) is 4.79 Å². The molecular formula is C13H18F2N2O2. The molecule has 0 aliphatic rings. The molecule has 0 aromatic heterocycles. The Kier molecular flexibility index (Phi) is 5.69. The van der Waals surface area contributed by atoms with Crippen LogP contribution in [0.4, 0.5) is 14.5 Å². The fourth-order valence-corrected chi connectivity index (χ4v) is 1.60. The first-order valence-corrected chi connectivity index (χ1v) is 5.99. The highest BCUT2D eigenvalue weighted by atomic mass is 19.3. The van der Waals surface area contributed by atoms with Crippen molar-refractivity contribution in [1.29, 1.82) is 0 Å². The third kappa shape index (κ3) is 5.65. The van der Waals surface area contributed by atoms with Gasteiger partial charge in [-0.1, -0.05) is 19.9 Å². The summed E-state index contributed by atoms with van der Waals surface area (Å²) in [4.78, 5) is 11.8. The standard InChI is InChI=1S/C13H18F2N2O2/c1-8(2)6-11(16)12(18)17-9-4-3-5-10(7-9)19-13(14)15/h3-5,7-8,11,13H,6,16H2,1-2H3,(H,17,18)/t11-/m0/s1. The first kappa shape index (κ1) is 15.4. The number of ether oxygens (including phenoxy) is 1. The number of alkyl halides is 2. The van der Waals surface area contributed by atoms with Gasteiger partial charge in [-0.25, -0.2) is 0 Å². The Morgan fingerprint density at radius 1 is 1.42 bits per heavy atom. The molecule has 0 radical (unpaired) electrons. The number of nitrogens with one attached hydrogen (secondary N) is 1. The Balaban J connectivity index is 2.63. The molecule has 1 atom stereocenters. The number of anilines is 1. The predicted molar refractivity (Wildman–Crippen MR) is 69.1 cm³/mol. The van der Waals surface area contributed by atoms with Gasteiger partial charge in [0.05, 0.1) is 6.04 Å². The minimum Gasteiger partial charge on any atom is -0.435 e. The van der Waals surface area contributed by atoms with Crippen molar-refractivity contribution < 1.29 is 18.3 Å². The summed E-state index contributed by atoms with van der Waals surface area (Å²) >= 11 is 0. The van der Waals surface area contributed by atoms with Crippen molar-refractivity contribution in [2.45, 2.75) is 32.9 Å². The zero-order chi connectivity index (χ0) is 14.4. The number of benzene rings is 1. The van der Waals surface area contributed by atoms with Crippen molar-refractivity contribution in [3.05, 3.63) is 24.3 Å². The van der Waals surface area contributed by atoms with Gasteiger partial charge in [-0.05, 0) is 24.5 Å². The van der Waals surface area contributed by atoms with Crippen LogP contribution in [0.15, 0.2) is 24.3 Å². The molecule has 0 heterocycles. The van der Waals surface area contributed by atoms with Crippen LogP contribution in [-0.2, 0) is 4.79 Å². The van der Waals surface area contributed by atoms with E-state index < -0.39 is 12.7 Å². The largest absolute Gasteiger partial charge is 0.435 e. The number of hydrogen-bond acceptors (Lipinski definition) is 3. The lowest BCUT2D eigenvalue weighted by molar-refractivity contribution is -0.117. The summed E-state index contributed by atoms with van der Waals surface area (Å²) in [6.07, 6.45) is 0.555. The summed E-state index contributed by atoms with van der Waals surface area (Å²) in [6, 6.07) is 5.18. The van der Waals surface area contributed by atoms with Crippen LogP contribution in [0.3, 0.4) is 0 Å². The average molecular weight is 272 g/mol. The molecule has 1 rings (SSSR count). The van der Waals surface area contributed by atoms with Gasteiger partial charge in [-0.15, -0.1) is 0 Å². The fraction of sp³-hybridized carbons (Fsp3) is 0.462. The number of carbonyl (C=O) groups excluding carboxylic acids is 1. The lowest BCUT2D eigenvalue weighted by Gasteiger charge is -2.14. The predicted octanol–water partition coefficient (Wildman–Crippen LogP) is 2.60. The Labute approximate surface area is 110 Å². The third-order valence-electron chi connectivity index (χ3n) is 2.39. The lowest BCUT2D eigenvalue weighted by atomic mass is 10.0. The van der Waals surface area contributed by atoms with Gasteiger partial charge >= 0.3 is 6.61 Å². The highest BCUT2D eigenvalue weighted by Gasteiger charge is 2.15. The molecule has 0 aliphatic heterocycles. The van der Waals surface area contributed by atoms with Gasteiger partial charge in [0.2, 0.25) is 5.91 Å². The minimum atomic E-state index is -2.89. The molecule has 1 aromatic carbocycles. The van der Waals surface area contributed by atoms with E-state index in [9.17, 15) is 13.6 Å². The average Bonchev–Trinajstić information content (AvgIpc) is 2.27. The summed E-state index contributed by atoms with van der Waals surface area (Å²) < 4.78 is 28.4. The summed E-state index contributed by atoms with van der Waals surface area (Å²) in [5.74, 6) is -0.0534. The Morgan fingerprint density at radius 3 is 2.68 bits per heavy atom. The maximum atomic E-state index is 12.1. The van der Waals surface area contributed by atoms with Crippen LogP contribution in [0.2, 0.25) is 0 Å². The number of amides is 1. The van der Waals surface area contributed by atoms with Gasteiger partial charge in [0.1, 0.15) is 5.75 Å². The van der Waals surface area contributed by atoms with Gasteiger partial charge < -0.3 is 15.8 Å². The maximum Gasteiger partial charge on any atom is 0.387 e. The summed E-state index contributed by atoms with van der Waals surface area (Å²) in [5.41, 5.74) is 6.10. The summed E-state index contributed by atoms with van der Waals surface area (Å²) in [5, 5.41) is 2.57. The Bertz CT molecular complexity index is 425. The Morgan fingerprint density at radius 2 is 2.11 bits per heavy atom. The normalized spacial score (nSPS) is 12.6. The van der Waals surface area contributed by atoms with Crippen molar-refractivity contribution in [3.8, 4) is 5.75 Å². The van der Waals surface area contributed by atoms with Crippen molar-refractivity contribution >= 4 is 11.6 Å². The van der Waals surface area contributed by atoms with Crippen LogP contribution in [0.25, 0.3) is 0 Å². The van der Waals surface area contributed by atoms with Crippen LogP contribution in [0.5, 0.6) is 5.75 Å². The molecule has 106 valence electrons. The van der Waals surface area contributed by atoms with E-state index in [1.54, 1.807) is 6.07 Å². The smallest absolute Gasteiger partial charge is 0.387 e. The SMILES string of the molecule is CC(C)C[C@H](N)C(=O)Nc1cccc(OC(F)F)c1. The Hall–Kier alpha value is -1.69. The zero-order valence-electron chi connectivity index (χ0n) is 10.9. The van der Waals surface area contributed by atoms with Crippen LogP contribution in [-0.4, -0.2) is 18.6 Å². The second-order valence-corrected chi connectivity index (χ2v) is 4.63. The van der Waals surface area contributed by atoms with Crippen molar-refractivity contribution in [1.82, 2.24) is 0 Å². The molecule has 1 amide bonds. The first-order valence-electron chi connectivity index (χ1n) is 5.99. The van der Waals surface area contributed by atoms with Crippen molar-refractivity contribution in [3.63, 3.8) is 0 Å². The van der Waals surface area contributed by atoms with E-state index in [0.29, 0.717) is 18.0 Å². The second kappa shape index (κ2) is 7.04. The third-order valence-corrected chi connectivity index (χ3v) is 2.39. The fourth-order valence-electron chi connectivity index (χ4n) is 1.60. The van der Waals surface area contributed by atoms with E-state index in [1.165, 1.54) is 18.2 Å². The maximum absolute atomic E-state index is 12.1. The quantitative estimate of drug-likeness (QED) is 0.836. The van der Waals surface area contributed by atoms with E-state index in [4.69, 9.17) is 5.73 Å². The van der Waals surface area contributed by atoms with Gasteiger partial charge in [-0.2, -0.15) is 8.78 Å². The lowest BCUT2D eigenvalue weighted by Crippen LogP contribution is -2.36. The summed E-state index contributed by atoms with van der Waals surface area (Å²) in [7, 11) is 0. The van der Waals surface area contributed by atoms with E-state index >= 15 is 0 Å². The monoisotopic (exact) mass is 272 g/mol. The molecule has 3 N–H and O–H groups in total. The van der Waals surface area contributed by atoms with E-state index in [-0.39, 0.29) is 11.7 Å². The van der Waals surface area contributed by atoms with E-state index in [0.717, 1.165) is 0 Å². The van der Waals surface area contributed by atoms with Gasteiger partial charge in [0.25, 0.3) is 0 Å². The molecule has 0 saturated heterocycles. The molecule has 0 bridgehead atoms. The van der Waals surface area contributed by atoms with Crippen LogP contribution in [0.1, 0.15) is 20.3 Å². The van der Waals surface area contributed by atoms with E-state index in [1.807, 2.05) is 13.8 Å². The second-order valence-electron chi connectivity index (χ2n) is 4.63. The molecule has 0 aliphatic carbocycles. The van der Waals surface area contributed by atoms with Crippen LogP contribution < -0.4 is 15.8 Å². The molecular weight excluding hydrogens is 254 g/mol. The highest BCUT2D eigenvalue weighted by molar-refractivity contribution is 5.94. The molecule has 19 heavy (non-hydrogen) atoms. The van der Waals surface area contributed by atoms with Crippen molar-refractivity contribution in [2.75, 3.05) is 5.32 Å². The topological polar surface area (TPSA) is 64.4 Å². The molecule has 0 spiro atoms. The highest BCUT2D eigenvalue weighted by Crippen LogP contribution is 2.19. The minimum absolute atomic E-state index is 0.00905. The zero-order valence-corrected chi connectivity index (χ0v) is 10.9. The number of hydrogen-bond donors (Lipinski definition) is 2. The molecule has 0 unspecified atom stereocenters. The molecule has 0 saturated carbocycles. The molecule has 1 aromatic rings. The molecule has 4 nitrogen and oxygen atoms in total.